The molecule has 3 rings (SSSR count). The summed E-state index contributed by atoms with van der Waals surface area (Å²) in [5.74, 6) is -0.144. The Morgan fingerprint density at radius 1 is 1.30 bits per heavy atom. The van der Waals surface area contributed by atoms with Gasteiger partial charge in [-0.3, -0.25) is 4.79 Å². The first-order valence-electron chi connectivity index (χ1n) is 7.66. The summed E-state index contributed by atoms with van der Waals surface area (Å²) in [5, 5.41) is 8.23. The molecule has 1 aromatic carbocycles. The molecule has 1 aliphatic heterocycles. The lowest BCUT2D eigenvalue weighted by atomic mass is 9.86. The number of carbonyl (C=O) groups excluding carboxylic acids is 1. The van der Waals surface area contributed by atoms with Gasteiger partial charge in [0.05, 0.1) is 6.20 Å². The Hall–Kier alpha value is -1.95. The molecule has 2 heterocycles. The van der Waals surface area contributed by atoms with Crippen molar-refractivity contribution < 1.29 is 9.18 Å². The molecule has 122 valence electrons. The fourth-order valence-corrected chi connectivity index (χ4v) is 3.05. The molecule has 1 fully saturated rings. The molecule has 0 bridgehead atoms. The summed E-state index contributed by atoms with van der Waals surface area (Å²) in [6.45, 7) is 3.21. The molecule has 23 heavy (non-hydrogen) atoms. The Morgan fingerprint density at radius 3 is 2.57 bits per heavy atom. The molecule has 1 aromatic heterocycles. The smallest absolute Gasteiger partial charge is 0.273 e. The monoisotopic (exact) mass is 336 g/mol. The predicted molar refractivity (Wildman–Crippen MR) is 85.1 cm³/mol. The second-order valence-electron chi connectivity index (χ2n) is 5.70. The Morgan fingerprint density at radius 2 is 1.96 bits per heavy atom. The molecule has 7 heteroatoms. The molecule has 1 amide bonds. The number of likely N-dealkylation sites (tertiary alicyclic amines) is 1. The van der Waals surface area contributed by atoms with Crippen LogP contribution in [0.4, 0.5) is 4.39 Å². The van der Waals surface area contributed by atoms with Crippen LogP contribution in [0.15, 0.2) is 30.5 Å². The zero-order valence-electron chi connectivity index (χ0n) is 12.9. The number of benzene rings is 1. The fraction of sp³-hybridized carbons (Fsp3) is 0.438. The van der Waals surface area contributed by atoms with Crippen molar-refractivity contribution in [1.82, 2.24) is 19.9 Å². The van der Waals surface area contributed by atoms with E-state index in [2.05, 4.69) is 10.3 Å². The first kappa shape index (κ1) is 15.9. The molecule has 0 spiro atoms. The van der Waals surface area contributed by atoms with Gasteiger partial charge in [0, 0.05) is 37.5 Å². The highest BCUT2D eigenvalue weighted by Crippen LogP contribution is 2.37. The third-order valence-corrected chi connectivity index (χ3v) is 4.59. The summed E-state index contributed by atoms with van der Waals surface area (Å²) < 4.78 is 16.7. The van der Waals surface area contributed by atoms with Crippen LogP contribution in [0.5, 0.6) is 0 Å². The topological polar surface area (TPSA) is 51.0 Å². The Bertz CT molecular complexity index is 692. The van der Waals surface area contributed by atoms with Crippen LogP contribution in [0.1, 0.15) is 35.8 Å². The molecule has 0 N–H and O–H groups in total. The number of piperidine rings is 1. The number of hydrogen-bond acceptors (Lipinski definition) is 3. The van der Waals surface area contributed by atoms with Gasteiger partial charge in [-0.25, -0.2) is 9.07 Å². The van der Waals surface area contributed by atoms with Crippen molar-refractivity contribution >= 4 is 17.5 Å². The van der Waals surface area contributed by atoms with E-state index in [-0.39, 0.29) is 18.7 Å². The Labute approximate surface area is 139 Å². The summed E-state index contributed by atoms with van der Waals surface area (Å²) in [6, 6.07) is 6.83. The molecular weight excluding hydrogens is 319 g/mol. The third kappa shape index (κ3) is 3.08. The lowest BCUT2D eigenvalue weighted by Gasteiger charge is -2.36. The van der Waals surface area contributed by atoms with E-state index >= 15 is 4.39 Å². The van der Waals surface area contributed by atoms with Crippen molar-refractivity contribution in [3.8, 4) is 0 Å². The minimum absolute atomic E-state index is 0.144. The van der Waals surface area contributed by atoms with E-state index in [1.165, 1.54) is 6.20 Å². The summed E-state index contributed by atoms with van der Waals surface area (Å²) in [7, 11) is 0. The fourth-order valence-electron chi connectivity index (χ4n) is 2.92. The number of amides is 1. The summed E-state index contributed by atoms with van der Waals surface area (Å²) in [6.07, 6.45) is 2.00. The van der Waals surface area contributed by atoms with E-state index in [0.717, 1.165) is 0 Å². The minimum atomic E-state index is -1.41. The predicted octanol–water partition coefficient (Wildman–Crippen LogP) is 3.05. The lowest BCUT2D eigenvalue weighted by Crippen LogP contribution is -2.43. The van der Waals surface area contributed by atoms with E-state index < -0.39 is 5.67 Å². The largest absolute Gasteiger partial charge is 0.337 e. The number of carbonyl (C=O) groups is 1. The van der Waals surface area contributed by atoms with Crippen LogP contribution in [0.2, 0.25) is 5.02 Å². The van der Waals surface area contributed by atoms with Gasteiger partial charge in [0.25, 0.3) is 5.91 Å². The molecule has 0 unspecified atom stereocenters. The van der Waals surface area contributed by atoms with Gasteiger partial charge in [0.1, 0.15) is 11.4 Å². The van der Waals surface area contributed by atoms with Crippen molar-refractivity contribution in [3.63, 3.8) is 0 Å². The number of nitrogens with zero attached hydrogens (tertiary/aromatic N) is 4. The molecular formula is C16H18ClFN4O. The molecule has 0 radical (unpaired) electrons. The lowest BCUT2D eigenvalue weighted by molar-refractivity contribution is 0.0412. The molecule has 2 aromatic rings. The maximum absolute atomic E-state index is 15.2. The van der Waals surface area contributed by atoms with Crippen molar-refractivity contribution in [2.75, 3.05) is 13.1 Å². The Balaban J connectivity index is 1.70. The van der Waals surface area contributed by atoms with Crippen molar-refractivity contribution in [1.29, 1.82) is 0 Å². The van der Waals surface area contributed by atoms with Crippen LogP contribution in [-0.4, -0.2) is 38.9 Å². The molecule has 5 nitrogen and oxygen atoms in total. The van der Waals surface area contributed by atoms with Crippen molar-refractivity contribution in [2.45, 2.75) is 32.0 Å². The second-order valence-corrected chi connectivity index (χ2v) is 6.14. The second kappa shape index (κ2) is 6.28. The van der Waals surface area contributed by atoms with E-state index in [0.29, 0.717) is 35.9 Å². The number of aromatic nitrogens is 3. The van der Waals surface area contributed by atoms with Gasteiger partial charge in [-0.05, 0) is 24.6 Å². The van der Waals surface area contributed by atoms with Crippen LogP contribution >= 0.6 is 11.6 Å². The highest BCUT2D eigenvalue weighted by Gasteiger charge is 2.38. The van der Waals surface area contributed by atoms with E-state index in [4.69, 9.17) is 11.6 Å². The van der Waals surface area contributed by atoms with Crippen molar-refractivity contribution in [2.24, 2.45) is 0 Å². The van der Waals surface area contributed by atoms with Gasteiger partial charge in [-0.1, -0.05) is 28.9 Å². The first-order chi connectivity index (χ1) is 11.0. The van der Waals surface area contributed by atoms with E-state index in [1.54, 1.807) is 33.8 Å². The highest BCUT2D eigenvalue weighted by molar-refractivity contribution is 6.30. The number of hydrogen-bond donors (Lipinski definition) is 0. The molecule has 0 saturated carbocycles. The zero-order chi connectivity index (χ0) is 16.4. The minimum Gasteiger partial charge on any atom is -0.337 e. The highest BCUT2D eigenvalue weighted by atomic mass is 35.5. The van der Waals surface area contributed by atoms with Gasteiger partial charge in [0.15, 0.2) is 0 Å². The van der Waals surface area contributed by atoms with Gasteiger partial charge in [-0.15, -0.1) is 5.10 Å². The van der Waals surface area contributed by atoms with Gasteiger partial charge in [-0.2, -0.15) is 0 Å². The standard InChI is InChI=1S/C16H18ClFN4O/c1-2-22-14(11-19-20-22)15(23)21-9-7-16(18,8-10-21)12-3-5-13(17)6-4-12/h3-6,11H,2,7-10H2,1H3. The maximum Gasteiger partial charge on any atom is 0.273 e. The average Bonchev–Trinajstić information content (AvgIpc) is 3.04. The normalized spacial score (nSPS) is 17.3. The molecule has 0 atom stereocenters. The number of rotatable bonds is 3. The van der Waals surface area contributed by atoms with Crippen LogP contribution in [-0.2, 0) is 12.2 Å². The Kier molecular flexibility index (Phi) is 4.35. The summed E-state index contributed by atoms with van der Waals surface area (Å²) in [4.78, 5) is 14.2. The summed E-state index contributed by atoms with van der Waals surface area (Å²) >= 11 is 5.86. The first-order valence-corrected chi connectivity index (χ1v) is 8.04. The number of aryl methyl sites for hydroxylation is 1. The summed E-state index contributed by atoms with van der Waals surface area (Å²) in [5.41, 5.74) is -0.343. The average molecular weight is 337 g/mol. The van der Waals surface area contributed by atoms with Crippen LogP contribution in [0.25, 0.3) is 0 Å². The third-order valence-electron chi connectivity index (χ3n) is 4.34. The van der Waals surface area contributed by atoms with Gasteiger partial charge >= 0.3 is 0 Å². The van der Waals surface area contributed by atoms with Crippen LogP contribution in [0, 0.1) is 0 Å². The van der Waals surface area contributed by atoms with Crippen molar-refractivity contribution in [3.05, 3.63) is 46.7 Å². The zero-order valence-corrected chi connectivity index (χ0v) is 13.6. The molecule has 0 aliphatic carbocycles. The van der Waals surface area contributed by atoms with E-state index in [1.807, 2.05) is 6.92 Å². The van der Waals surface area contributed by atoms with Gasteiger partial charge < -0.3 is 4.90 Å². The van der Waals surface area contributed by atoms with Crippen LogP contribution in [0.3, 0.4) is 0 Å². The molecule has 1 aliphatic rings. The van der Waals surface area contributed by atoms with Gasteiger partial charge in [0.2, 0.25) is 0 Å². The number of alkyl halides is 1. The van der Waals surface area contributed by atoms with Crippen LogP contribution < -0.4 is 0 Å². The quantitative estimate of drug-likeness (QED) is 0.865. The van der Waals surface area contributed by atoms with E-state index in [9.17, 15) is 4.79 Å². The molecule has 1 saturated heterocycles. The maximum atomic E-state index is 15.2. The SMILES string of the molecule is CCn1nncc1C(=O)N1CCC(F)(c2ccc(Cl)cc2)CC1. The number of halogens is 2.